The van der Waals surface area contributed by atoms with E-state index in [2.05, 4.69) is 26.7 Å². The van der Waals surface area contributed by atoms with Crippen LogP contribution in [0.1, 0.15) is 5.56 Å². The molecule has 0 spiro atoms. The number of cyclic esters (lactones) is 1. The maximum Gasteiger partial charge on any atom is 0.414 e. The van der Waals surface area contributed by atoms with Gasteiger partial charge in [0.2, 0.25) is 5.95 Å². The molecule has 1 aliphatic carbocycles. The highest BCUT2D eigenvalue weighted by molar-refractivity contribution is 5.90. The number of pyridine rings is 1. The van der Waals surface area contributed by atoms with Crippen molar-refractivity contribution in [2.45, 2.75) is 18.1 Å². The molecule has 0 radical (unpaired) electrons. The third-order valence-corrected chi connectivity index (χ3v) is 7.10. The Morgan fingerprint density at radius 1 is 1.21 bits per heavy atom. The predicted molar refractivity (Wildman–Crippen MR) is 114 cm³/mol. The van der Waals surface area contributed by atoms with Crippen molar-refractivity contribution in [3.63, 3.8) is 0 Å². The molecule has 0 bridgehead atoms. The maximum absolute atomic E-state index is 15.4. The van der Waals surface area contributed by atoms with Gasteiger partial charge >= 0.3 is 6.09 Å². The number of carbonyl (C=O) groups is 1. The number of anilines is 1. The van der Waals surface area contributed by atoms with Crippen molar-refractivity contribution < 1.29 is 18.3 Å². The molecule has 2 saturated heterocycles. The van der Waals surface area contributed by atoms with Crippen LogP contribution in [0.5, 0.6) is 0 Å². The number of fused-ring (bicyclic) bond motifs is 1. The molecule has 6 rings (SSSR count). The van der Waals surface area contributed by atoms with Crippen LogP contribution < -0.4 is 10.2 Å². The normalized spacial score (nSPS) is 27.4. The first-order valence-electron chi connectivity index (χ1n) is 10.9. The number of ether oxygens (including phenoxy) is 1. The second-order valence-electron chi connectivity index (χ2n) is 8.79. The van der Waals surface area contributed by atoms with Gasteiger partial charge in [-0.25, -0.2) is 13.9 Å². The first-order chi connectivity index (χ1) is 16.5. The van der Waals surface area contributed by atoms with Crippen molar-refractivity contribution in [2.24, 2.45) is 11.8 Å². The molecular weight excluding hydrogens is 444 g/mol. The van der Waals surface area contributed by atoms with Gasteiger partial charge in [-0.15, -0.1) is 5.10 Å². The van der Waals surface area contributed by atoms with Gasteiger partial charge in [0.05, 0.1) is 30.3 Å². The van der Waals surface area contributed by atoms with Crippen LogP contribution >= 0.6 is 0 Å². The molecule has 9 nitrogen and oxygen atoms in total. The lowest BCUT2D eigenvalue weighted by molar-refractivity contribution is 0.126. The molecule has 34 heavy (non-hydrogen) atoms. The van der Waals surface area contributed by atoms with E-state index in [0.717, 1.165) is 29.5 Å². The van der Waals surface area contributed by atoms with Gasteiger partial charge in [0.15, 0.2) is 0 Å². The molecule has 11 heteroatoms. The zero-order valence-corrected chi connectivity index (χ0v) is 17.9. The van der Waals surface area contributed by atoms with Gasteiger partial charge in [-0.2, -0.15) is 9.65 Å². The number of carbonyl (C=O) groups excluding carboxylic acids is 1. The Labute approximate surface area is 193 Å². The van der Waals surface area contributed by atoms with Crippen LogP contribution in [0.3, 0.4) is 0 Å². The number of benzene rings is 1. The molecule has 1 amide bonds. The molecule has 172 valence electrons. The fourth-order valence-corrected chi connectivity index (χ4v) is 5.41. The minimum absolute atomic E-state index is 0.00111. The number of hydrogen-bond donors (Lipinski definition) is 1. The van der Waals surface area contributed by atoms with E-state index in [0.29, 0.717) is 16.8 Å². The number of piperidine rings is 1. The minimum Gasteiger partial charge on any atom is -0.442 e. The number of hydrogen-bond acceptors (Lipinski definition) is 7. The number of nitriles is 1. The zero-order valence-electron chi connectivity index (χ0n) is 17.9. The Morgan fingerprint density at radius 2 is 2.03 bits per heavy atom. The van der Waals surface area contributed by atoms with Crippen molar-refractivity contribution in [1.29, 1.82) is 5.26 Å². The summed E-state index contributed by atoms with van der Waals surface area (Å²) in [5, 5.41) is 20.4. The molecule has 1 saturated carbocycles. The average Bonchev–Trinajstić information content (AvgIpc) is 3.29. The van der Waals surface area contributed by atoms with Crippen LogP contribution in [0.2, 0.25) is 0 Å². The molecule has 4 heterocycles. The molecule has 3 aliphatic rings. The topological polar surface area (TPSA) is 109 Å². The summed E-state index contributed by atoms with van der Waals surface area (Å²) in [6, 6.07) is 8.77. The molecular formula is C23H19F2N7O2. The second-order valence-corrected chi connectivity index (χ2v) is 8.79. The summed E-state index contributed by atoms with van der Waals surface area (Å²) in [4.78, 5) is 17.9. The Kier molecular flexibility index (Phi) is 4.60. The molecule has 2 aliphatic heterocycles. The summed E-state index contributed by atoms with van der Waals surface area (Å²) in [7, 11) is 0. The monoisotopic (exact) mass is 463 g/mol. The van der Waals surface area contributed by atoms with Crippen LogP contribution in [0, 0.1) is 34.9 Å². The van der Waals surface area contributed by atoms with E-state index in [1.54, 1.807) is 30.6 Å². The van der Waals surface area contributed by atoms with E-state index < -0.39 is 29.4 Å². The highest BCUT2D eigenvalue weighted by Crippen LogP contribution is 2.62. The van der Waals surface area contributed by atoms with Crippen molar-refractivity contribution in [3.8, 4) is 17.2 Å². The Hall–Kier alpha value is -3.91. The SMILES string of the molecule is N#CC1(c2ccncc2-c2ccc(N3C[C@H](Cn4nncc4F)OC3=O)cc2F)[C@@H]2CNC[C@@H]21. The highest BCUT2D eigenvalue weighted by Gasteiger charge is 2.68. The Morgan fingerprint density at radius 3 is 2.74 bits per heavy atom. The van der Waals surface area contributed by atoms with Gasteiger partial charge in [-0.05, 0) is 29.8 Å². The van der Waals surface area contributed by atoms with Crippen LogP contribution in [0.25, 0.3) is 11.1 Å². The van der Waals surface area contributed by atoms with Gasteiger partial charge in [0.1, 0.15) is 18.1 Å². The quantitative estimate of drug-likeness (QED) is 0.618. The summed E-state index contributed by atoms with van der Waals surface area (Å²) in [6.45, 7) is 1.64. The van der Waals surface area contributed by atoms with E-state index in [9.17, 15) is 14.4 Å². The van der Waals surface area contributed by atoms with Crippen molar-refractivity contribution in [2.75, 3.05) is 24.5 Å². The van der Waals surface area contributed by atoms with E-state index in [4.69, 9.17) is 4.74 Å². The molecule has 1 aromatic carbocycles. The standard InChI is InChI=1S/C23H19F2N7O2/c24-20-5-13(31-10-14(34-22(31)33)11-32-21(25)9-29-30-32)1-2-15(20)16-6-27-4-3-17(16)23(12-26)18-7-28-8-19(18)23/h1-6,9,14,18-19,28H,7-8,10-11H2/t14-,18-,19+,23?/m1/s1. The van der Waals surface area contributed by atoms with Crippen LogP contribution in [-0.4, -0.2) is 51.8 Å². The van der Waals surface area contributed by atoms with Gasteiger partial charge in [0, 0.05) is 48.4 Å². The first kappa shape index (κ1) is 20.7. The fraction of sp³-hybridized carbons (Fsp3) is 0.348. The van der Waals surface area contributed by atoms with Crippen molar-refractivity contribution in [1.82, 2.24) is 25.3 Å². The van der Waals surface area contributed by atoms with Crippen molar-refractivity contribution >= 4 is 11.8 Å². The molecule has 2 aromatic heterocycles. The molecule has 1 N–H and O–H groups in total. The Bertz CT molecular complexity index is 1330. The maximum atomic E-state index is 15.4. The lowest BCUT2D eigenvalue weighted by atomic mass is 9.86. The zero-order chi connectivity index (χ0) is 23.4. The van der Waals surface area contributed by atoms with Gasteiger partial charge in [0.25, 0.3) is 0 Å². The van der Waals surface area contributed by atoms with E-state index in [1.807, 2.05) is 0 Å². The number of rotatable bonds is 5. The predicted octanol–water partition coefficient (Wildman–Crippen LogP) is 2.25. The largest absolute Gasteiger partial charge is 0.442 e. The number of aromatic nitrogens is 4. The summed E-state index contributed by atoms with van der Waals surface area (Å²) in [5.41, 5.74) is 1.35. The second kappa shape index (κ2) is 7.56. The Balaban J connectivity index is 1.28. The number of nitrogens with one attached hydrogen (secondary N) is 1. The van der Waals surface area contributed by atoms with Gasteiger partial charge in [-0.3, -0.25) is 9.88 Å². The highest BCUT2D eigenvalue weighted by atomic mass is 19.1. The number of nitrogens with zero attached hydrogens (tertiary/aromatic N) is 6. The summed E-state index contributed by atoms with van der Waals surface area (Å²) < 4.78 is 35.3. The molecule has 3 fully saturated rings. The molecule has 4 atom stereocenters. The van der Waals surface area contributed by atoms with E-state index in [1.165, 1.54) is 11.0 Å². The van der Waals surface area contributed by atoms with E-state index >= 15 is 4.39 Å². The third-order valence-electron chi connectivity index (χ3n) is 7.10. The summed E-state index contributed by atoms with van der Waals surface area (Å²) >= 11 is 0. The fourth-order valence-electron chi connectivity index (χ4n) is 5.41. The van der Waals surface area contributed by atoms with Crippen LogP contribution in [0.15, 0.2) is 42.9 Å². The third kappa shape index (κ3) is 2.99. The van der Waals surface area contributed by atoms with Crippen LogP contribution in [-0.2, 0) is 16.7 Å². The first-order valence-corrected chi connectivity index (χ1v) is 10.9. The lowest BCUT2D eigenvalue weighted by Gasteiger charge is -2.19. The summed E-state index contributed by atoms with van der Waals surface area (Å²) in [6.07, 6.45) is 2.87. The smallest absolute Gasteiger partial charge is 0.414 e. The lowest BCUT2D eigenvalue weighted by Crippen LogP contribution is -2.26. The molecule has 1 unspecified atom stereocenters. The van der Waals surface area contributed by atoms with Crippen LogP contribution in [0.4, 0.5) is 19.3 Å². The minimum atomic E-state index is -0.658. The average molecular weight is 463 g/mol. The van der Waals surface area contributed by atoms with Crippen molar-refractivity contribution in [3.05, 3.63) is 60.2 Å². The summed E-state index contributed by atoms with van der Waals surface area (Å²) in [5.74, 6) is -0.774. The molecule has 3 aromatic rings. The van der Waals surface area contributed by atoms with Gasteiger partial charge < -0.3 is 10.1 Å². The van der Waals surface area contributed by atoms with E-state index in [-0.39, 0.29) is 24.9 Å². The van der Waals surface area contributed by atoms with Gasteiger partial charge in [-0.1, -0.05) is 5.21 Å². The number of halogens is 2. The number of amides is 1.